The van der Waals surface area contributed by atoms with Gasteiger partial charge in [-0.05, 0) is 30.3 Å². The lowest BCUT2D eigenvalue weighted by Crippen LogP contribution is -1.98. The summed E-state index contributed by atoms with van der Waals surface area (Å²) in [7, 11) is 0. The average molecular weight is 355 g/mol. The Morgan fingerprint density at radius 1 is 0.556 bits per heavy atom. The normalized spacial score (nSPS) is 11.3. The summed E-state index contributed by atoms with van der Waals surface area (Å²) in [6.45, 7) is 0. The van der Waals surface area contributed by atoms with E-state index in [0.29, 0.717) is 5.56 Å². The molecule has 0 amide bonds. The van der Waals surface area contributed by atoms with Crippen molar-refractivity contribution in [1.29, 1.82) is 0 Å². The Morgan fingerprint density at radius 2 is 1.15 bits per heavy atom. The maximum Gasteiger partial charge on any atom is 0.134 e. The van der Waals surface area contributed by atoms with Crippen LogP contribution in [0.3, 0.4) is 0 Å². The van der Waals surface area contributed by atoms with Crippen LogP contribution >= 0.6 is 0 Å². The number of para-hydroxylation sites is 3. The predicted molar refractivity (Wildman–Crippen MR) is 106 cm³/mol. The maximum atomic E-state index is 14.5. The van der Waals surface area contributed by atoms with Crippen LogP contribution in [-0.2, 0) is 0 Å². The van der Waals surface area contributed by atoms with Gasteiger partial charge < -0.3 is 4.57 Å². The van der Waals surface area contributed by atoms with E-state index < -0.39 is 11.6 Å². The molecule has 5 rings (SSSR count). The molecule has 0 aliphatic heterocycles. The van der Waals surface area contributed by atoms with Crippen molar-refractivity contribution >= 4 is 21.8 Å². The van der Waals surface area contributed by atoms with Crippen LogP contribution in [0.25, 0.3) is 38.6 Å². The van der Waals surface area contributed by atoms with Crippen molar-refractivity contribution in [2.75, 3.05) is 0 Å². The number of hydrogen-bond acceptors (Lipinski definition) is 0. The molecule has 27 heavy (non-hydrogen) atoms. The fourth-order valence-electron chi connectivity index (χ4n) is 3.79. The summed E-state index contributed by atoms with van der Waals surface area (Å²) in [6.07, 6.45) is 0. The number of aromatic nitrogens is 1. The van der Waals surface area contributed by atoms with Crippen LogP contribution in [0.2, 0.25) is 0 Å². The molecule has 0 N–H and O–H groups in total. The van der Waals surface area contributed by atoms with Crippen molar-refractivity contribution in [3.05, 3.63) is 103 Å². The van der Waals surface area contributed by atoms with E-state index in [4.69, 9.17) is 0 Å². The minimum absolute atomic E-state index is 0.383. The summed E-state index contributed by atoms with van der Waals surface area (Å²) >= 11 is 0. The second-order valence-electron chi connectivity index (χ2n) is 6.51. The highest BCUT2D eigenvalue weighted by Gasteiger charge is 2.16. The van der Waals surface area contributed by atoms with Crippen molar-refractivity contribution in [1.82, 2.24) is 4.57 Å². The Kier molecular flexibility index (Phi) is 3.54. The van der Waals surface area contributed by atoms with Crippen molar-refractivity contribution in [2.24, 2.45) is 0 Å². The van der Waals surface area contributed by atoms with Crippen LogP contribution < -0.4 is 0 Å². The van der Waals surface area contributed by atoms with E-state index in [9.17, 15) is 8.78 Å². The van der Waals surface area contributed by atoms with Gasteiger partial charge in [0, 0.05) is 28.0 Å². The van der Waals surface area contributed by atoms with Gasteiger partial charge in [0.15, 0.2) is 0 Å². The van der Waals surface area contributed by atoms with Gasteiger partial charge in [0.05, 0.1) is 16.7 Å². The monoisotopic (exact) mass is 355 g/mol. The van der Waals surface area contributed by atoms with E-state index >= 15 is 0 Å². The lowest BCUT2D eigenvalue weighted by molar-refractivity contribution is 0.585. The number of hydrogen-bond donors (Lipinski definition) is 0. The summed E-state index contributed by atoms with van der Waals surface area (Å²) in [5.74, 6) is -1.14. The largest absolute Gasteiger partial charge is 0.309 e. The van der Waals surface area contributed by atoms with Gasteiger partial charge in [-0.25, -0.2) is 8.78 Å². The molecule has 4 aromatic carbocycles. The average Bonchev–Trinajstić information content (AvgIpc) is 3.03. The zero-order valence-corrected chi connectivity index (χ0v) is 14.4. The van der Waals surface area contributed by atoms with Crippen LogP contribution in [0, 0.1) is 11.6 Å². The zero-order chi connectivity index (χ0) is 18.4. The predicted octanol–water partition coefficient (Wildman–Crippen LogP) is 6.73. The SMILES string of the molecule is Fc1ccc(-c2ccccc2-n2c3ccccc3c3ccccc32)c(F)c1. The molecule has 0 saturated heterocycles. The van der Waals surface area contributed by atoms with Crippen molar-refractivity contribution < 1.29 is 8.78 Å². The molecule has 0 unspecified atom stereocenters. The number of halogens is 2. The van der Waals surface area contributed by atoms with E-state index in [-0.39, 0.29) is 0 Å². The molecule has 0 spiro atoms. The van der Waals surface area contributed by atoms with Gasteiger partial charge in [-0.1, -0.05) is 54.6 Å². The second kappa shape index (κ2) is 6.06. The third kappa shape index (κ3) is 2.43. The third-order valence-corrected chi connectivity index (χ3v) is 4.95. The van der Waals surface area contributed by atoms with Gasteiger partial charge in [0.25, 0.3) is 0 Å². The lowest BCUT2D eigenvalue weighted by Gasteiger charge is -2.14. The van der Waals surface area contributed by atoms with Crippen molar-refractivity contribution in [3.63, 3.8) is 0 Å². The molecular formula is C24H15F2N. The topological polar surface area (TPSA) is 4.93 Å². The molecule has 3 heteroatoms. The molecule has 0 bridgehead atoms. The molecular weight excluding hydrogens is 340 g/mol. The first kappa shape index (κ1) is 15.8. The molecule has 0 atom stereocenters. The summed E-state index contributed by atoms with van der Waals surface area (Å²) in [6, 6.07) is 27.7. The van der Waals surface area contributed by atoms with E-state index in [2.05, 4.69) is 28.8 Å². The molecule has 1 aromatic heterocycles. The summed E-state index contributed by atoms with van der Waals surface area (Å²) in [4.78, 5) is 0. The first-order valence-electron chi connectivity index (χ1n) is 8.77. The van der Waals surface area contributed by atoms with Gasteiger partial charge >= 0.3 is 0 Å². The van der Waals surface area contributed by atoms with Gasteiger partial charge in [0.1, 0.15) is 11.6 Å². The van der Waals surface area contributed by atoms with Crippen LogP contribution in [0.1, 0.15) is 0 Å². The summed E-state index contributed by atoms with van der Waals surface area (Å²) in [5, 5.41) is 2.28. The number of rotatable bonds is 2. The van der Waals surface area contributed by atoms with E-state index in [1.165, 1.54) is 12.1 Å². The Hall–Kier alpha value is -3.46. The number of fused-ring (bicyclic) bond motifs is 3. The molecule has 0 aliphatic rings. The van der Waals surface area contributed by atoms with Crippen LogP contribution in [0.4, 0.5) is 8.78 Å². The second-order valence-corrected chi connectivity index (χ2v) is 6.51. The lowest BCUT2D eigenvalue weighted by atomic mass is 10.0. The minimum Gasteiger partial charge on any atom is -0.309 e. The van der Waals surface area contributed by atoms with Gasteiger partial charge in [0.2, 0.25) is 0 Å². The Balaban J connectivity index is 1.89. The highest BCUT2D eigenvalue weighted by molar-refractivity contribution is 6.09. The van der Waals surface area contributed by atoms with Crippen LogP contribution in [-0.4, -0.2) is 4.57 Å². The molecule has 0 saturated carbocycles. The molecule has 1 heterocycles. The molecule has 5 aromatic rings. The molecule has 1 nitrogen and oxygen atoms in total. The molecule has 0 radical (unpaired) electrons. The Bertz CT molecular complexity index is 1250. The zero-order valence-electron chi connectivity index (χ0n) is 14.4. The van der Waals surface area contributed by atoms with Crippen LogP contribution in [0.5, 0.6) is 0 Å². The fraction of sp³-hybridized carbons (Fsp3) is 0. The molecule has 130 valence electrons. The minimum atomic E-state index is -0.578. The number of benzene rings is 4. The molecule has 0 aliphatic carbocycles. The van der Waals surface area contributed by atoms with Gasteiger partial charge in [-0.2, -0.15) is 0 Å². The Labute approximate surface area is 155 Å². The van der Waals surface area contributed by atoms with E-state index in [1.54, 1.807) is 0 Å². The Morgan fingerprint density at radius 3 is 1.81 bits per heavy atom. The first-order valence-corrected chi connectivity index (χ1v) is 8.77. The highest BCUT2D eigenvalue weighted by Crippen LogP contribution is 2.36. The highest BCUT2D eigenvalue weighted by atomic mass is 19.1. The van der Waals surface area contributed by atoms with E-state index in [1.807, 2.05) is 48.5 Å². The van der Waals surface area contributed by atoms with E-state index in [0.717, 1.165) is 39.1 Å². The van der Waals surface area contributed by atoms with Gasteiger partial charge in [-0.3, -0.25) is 0 Å². The maximum absolute atomic E-state index is 14.5. The third-order valence-electron chi connectivity index (χ3n) is 4.95. The van der Waals surface area contributed by atoms with Crippen molar-refractivity contribution in [3.8, 4) is 16.8 Å². The van der Waals surface area contributed by atoms with Crippen LogP contribution in [0.15, 0.2) is 91.0 Å². The standard InChI is InChI=1S/C24H15F2N/c25-16-13-14-17(21(26)15-16)18-7-1-4-10-22(18)27-23-11-5-2-8-19(23)20-9-3-6-12-24(20)27/h1-15H. The summed E-state index contributed by atoms with van der Waals surface area (Å²) < 4.78 is 30.1. The van der Waals surface area contributed by atoms with Gasteiger partial charge in [-0.15, -0.1) is 0 Å². The van der Waals surface area contributed by atoms with Crippen molar-refractivity contribution in [2.45, 2.75) is 0 Å². The number of nitrogens with zero attached hydrogens (tertiary/aromatic N) is 1. The smallest absolute Gasteiger partial charge is 0.134 e. The first-order chi connectivity index (χ1) is 13.2. The fourth-order valence-corrected chi connectivity index (χ4v) is 3.79. The summed E-state index contributed by atoms with van der Waals surface area (Å²) in [5.41, 5.74) is 4.07. The quantitative estimate of drug-likeness (QED) is 0.331. The molecule has 0 fully saturated rings.